The average Bonchev–Trinajstić information content (AvgIpc) is 2.88. The van der Waals surface area contributed by atoms with E-state index in [1.54, 1.807) is 24.8 Å². The van der Waals surface area contributed by atoms with Crippen LogP contribution in [0.4, 0.5) is 5.82 Å². The molecule has 2 N–H and O–H groups in total. The number of aromatic nitrogens is 3. The van der Waals surface area contributed by atoms with Gasteiger partial charge >= 0.3 is 0 Å². The summed E-state index contributed by atoms with van der Waals surface area (Å²) in [7, 11) is 0. The second kappa shape index (κ2) is 5.41. The summed E-state index contributed by atoms with van der Waals surface area (Å²) in [6.45, 7) is 0. The van der Waals surface area contributed by atoms with Gasteiger partial charge in [0.15, 0.2) is 0 Å². The van der Waals surface area contributed by atoms with E-state index in [9.17, 15) is 0 Å². The van der Waals surface area contributed by atoms with Gasteiger partial charge in [-0.3, -0.25) is 4.57 Å². The lowest BCUT2D eigenvalue weighted by Crippen LogP contribution is -1.97. The van der Waals surface area contributed by atoms with Crippen LogP contribution in [0.2, 0.25) is 5.02 Å². The molecule has 3 rings (SSSR count). The highest BCUT2D eigenvalue weighted by molar-refractivity contribution is 14.1. The molecule has 0 saturated carbocycles. The van der Waals surface area contributed by atoms with E-state index in [0.717, 1.165) is 20.5 Å². The van der Waals surface area contributed by atoms with E-state index >= 15 is 0 Å². The van der Waals surface area contributed by atoms with Gasteiger partial charge in [-0.15, -0.1) is 0 Å². The number of halogens is 2. The molecule has 0 aliphatic carbocycles. The minimum absolute atomic E-state index is 0.493. The van der Waals surface area contributed by atoms with Gasteiger partial charge in [-0.1, -0.05) is 11.6 Å². The van der Waals surface area contributed by atoms with E-state index in [1.165, 1.54) is 0 Å². The van der Waals surface area contributed by atoms with E-state index < -0.39 is 0 Å². The van der Waals surface area contributed by atoms with Crippen molar-refractivity contribution in [2.24, 2.45) is 0 Å². The standard InChI is InChI=1S/C14H10ClIN4/c15-11-5-10(16)2-3-12(11)20-8-18-7-13(20)9-1-4-14(17)19-6-9/h1-8H,(H2,17,19). The average molecular weight is 397 g/mol. The van der Waals surface area contributed by atoms with E-state index in [2.05, 4.69) is 32.6 Å². The number of rotatable bonds is 2. The Bertz CT molecular complexity index is 752. The number of hydrogen-bond acceptors (Lipinski definition) is 3. The number of benzene rings is 1. The molecule has 2 heterocycles. The molecular formula is C14H10ClIN4. The Morgan fingerprint density at radius 3 is 2.70 bits per heavy atom. The molecule has 0 atom stereocenters. The highest BCUT2D eigenvalue weighted by Gasteiger charge is 2.10. The minimum Gasteiger partial charge on any atom is -0.384 e. The van der Waals surface area contributed by atoms with Crippen LogP contribution in [-0.2, 0) is 0 Å². The summed E-state index contributed by atoms with van der Waals surface area (Å²) < 4.78 is 3.03. The summed E-state index contributed by atoms with van der Waals surface area (Å²) in [5, 5.41) is 0.680. The SMILES string of the molecule is Nc1ccc(-c2cncn2-c2ccc(I)cc2Cl)cn1. The molecule has 0 saturated heterocycles. The maximum atomic E-state index is 6.32. The van der Waals surface area contributed by atoms with Gasteiger partial charge < -0.3 is 5.73 Å². The van der Waals surface area contributed by atoms with Crippen LogP contribution in [-0.4, -0.2) is 14.5 Å². The van der Waals surface area contributed by atoms with Gasteiger partial charge in [-0.25, -0.2) is 9.97 Å². The smallest absolute Gasteiger partial charge is 0.123 e. The molecule has 20 heavy (non-hydrogen) atoms. The molecule has 0 bridgehead atoms. The predicted molar refractivity (Wildman–Crippen MR) is 88.9 cm³/mol. The second-order valence-electron chi connectivity index (χ2n) is 4.22. The first-order valence-electron chi connectivity index (χ1n) is 5.85. The second-order valence-corrected chi connectivity index (χ2v) is 5.87. The molecule has 0 unspecified atom stereocenters. The summed E-state index contributed by atoms with van der Waals surface area (Å²) in [6.07, 6.45) is 5.24. The van der Waals surface area contributed by atoms with Crippen LogP contribution in [0.1, 0.15) is 0 Å². The molecule has 0 amide bonds. The van der Waals surface area contributed by atoms with Crippen LogP contribution in [0, 0.1) is 3.57 Å². The zero-order valence-electron chi connectivity index (χ0n) is 10.3. The molecule has 2 aromatic heterocycles. The Hall–Kier alpha value is -1.60. The van der Waals surface area contributed by atoms with Gasteiger partial charge in [0.05, 0.1) is 28.9 Å². The van der Waals surface area contributed by atoms with Gasteiger partial charge in [0.2, 0.25) is 0 Å². The van der Waals surface area contributed by atoms with Crippen LogP contribution in [0.5, 0.6) is 0 Å². The fourth-order valence-corrected chi connectivity index (χ4v) is 2.88. The Balaban J connectivity index is 2.12. The van der Waals surface area contributed by atoms with Crippen molar-refractivity contribution in [1.29, 1.82) is 0 Å². The lowest BCUT2D eigenvalue weighted by atomic mass is 10.2. The molecule has 0 radical (unpaired) electrons. The zero-order valence-corrected chi connectivity index (χ0v) is 13.2. The van der Waals surface area contributed by atoms with Crippen molar-refractivity contribution >= 4 is 40.0 Å². The first-order valence-corrected chi connectivity index (χ1v) is 7.30. The quantitative estimate of drug-likeness (QED) is 0.671. The monoisotopic (exact) mass is 396 g/mol. The summed E-state index contributed by atoms with van der Waals surface area (Å²) in [4.78, 5) is 8.31. The molecule has 0 aliphatic rings. The summed E-state index contributed by atoms with van der Waals surface area (Å²) in [6, 6.07) is 9.58. The van der Waals surface area contributed by atoms with Crippen LogP contribution in [0.3, 0.4) is 0 Å². The summed E-state index contributed by atoms with van der Waals surface area (Å²) in [5.41, 5.74) is 8.35. The lowest BCUT2D eigenvalue weighted by Gasteiger charge is -2.10. The maximum Gasteiger partial charge on any atom is 0.123 e. The topological polar surface area (TPSA) is 56.7 Å². The van der Waals surface area contributed by atoms with Gasteiger partial charge in [-0.2, -0.15) is 0 Å². The van der Waals surface area contributed by atoms with Gasteiger partial charge in [0.25, 0.3) is 0 Å². The van der Waals surface area contributed by atoms with Crippen molar-refractivity contribution in [3.63, 3.8) is 0 Å². The predicted octanol–water partition coefficient (Wildman–Crippen LogP) is 3.77. The third-order valence-corrected chi connectivity index (χ3v) is 3.86. The lowest BCUT2D eigenvalue weighted by molar-refractivity contribution is 1.06. The van der Waals surface area contributed by atoms with E-state index in [4.69, 9.17) is 17.3 Å². The number of nitrogen functional groups attached to an aromatic ring is 1. The summed E-state index contributed by atoms with van der Waals surface area (Å²) in [5.74, 6) is 0.493. The first kappa shape index (κ1) is 13.4. The van der Waals surface area contributed by atoms with E-state index in [-0.39, 0.29) is 0 Å². The maximum absolute atomic E-state index is 6.32. The number of nitrogens with two attached hydrogens (primary N) is 1. The molecule has 4 nitrogen and oxygen atoms in total. The number of hydrogen-bond donors (Lipinski definition) is 1. The van der Waals surface area contributed by atoms with Gasteiger partial charge in [-0.05, 0) is 52.9 Å². The molecular weight excluding hydrogens is 387 g/mol. The number of anilines is 1. The van der Waals surface area contributed by atoms with Crippen LogP contribution < -0.4 is 5.73 Å². The van der Waals surface area contributed by atoms with Crippen LogP contribution in [0.15, 0.2) is 49.1 Å². The normalized spacial score (nSPS) is 10.7. The van der Waals surface area contributed by atoms with Crippen molar-refractivity contribution in [3.8, 4) is 16.9 Å². The van der Waals surface area contributed by atoms with Gasteiger partial charge in [0, 0.05) is 15.3 Å². The number of pyridine rings is 1. The highest BCUT2D eigenvalue weighted by Crippen LogP contribution is 2.28. The largest absolute Gasteiger partial charge is 0.384 e. The van der Waals surface area contributed by atoms with Crippen molar-refractivity contribution in [2.75, 3.05) is 5.73 Å². The zero-order chi connectivity index (χ0) is 14.1. The molecule has 0 aliphatic heterocycles. The van der Waals surface area contributed by atoms with E-state index in [1.807, 2.05) is 28.8 Å². The van der Waals surface area contributed by atoms with Crippen molar-refractivity contribution in [2.45, 2.75) is 0 Å². The number of nitrogens with zero attached hydrogens (tertiary/aromatic N) is 3. The fourth-order valence-electron chi connectivity index (χ4n) is 1.93. The molecule has 1 aromatic carbocycles. The molecule has 0 spiro atoms. The fraction of sp³-hybridized carbons (Fsp3) is 0. The van der Waals surface area contributed by atoms with Gasteiger partial charge in [0.1, 0.15) is 5.82 Å². The van der Waals surface area contributed by atoms with Crippen molar-refractivity contribution in [1.82, 2.24) is 14.5 Å². The first-order chi connectivity index (χ1) is 9.65. The third-order valence-electron chi connectivity index (χ3n) is 2.89. The van der Waals surface area contributed by atoms with Crippen molar-refractivity contribution in [3.05, 3.63) is 57.6 Å². The molecule has 0 fully saturated rings. The van der Waals surface area contributed by atoms with Crippen molar-refractivity contribution < 1.29 is 0 Å². The minimum atomic E-state index is 0.493. The van der Waals surface area contributed by atoms with Crippen LogP contribution in [0.25, 0.3) is 16.9 Å². The highest BCUT2D eigenvalue weighted by atomic mass is 127. The molecule has 100 valence electrons. The summed E-state index contributed by atoms with van der Waals surface area (Å²) >= 11 is 8.55. The molecule has 3 aromatic rings. The van der Waals surface area contributed by atoms with E-state index in [0.29, 0.717) is 10.8 Å². The molecule has 6 heteroatoms. The Kier molecular flexibility index (Phi) is 3.62. The Labute approximate surface area is 134 Å². The van der Waals surface area contributed by atoms with Crippen LogP contribution >= 0.6 is 34.2 Å². The third kappa shape index (κ3) is 2.51. The number of imidazole rings is 1. The Morgan fingerprint density at radius 2 is 2.00 bits per heavy atom. The Morgan fingerprint density at radius 1 is 1.15 bits per heavy atom.